The maximum absolute atomic E-state index is 13.0. The third-order valence-electron chi connectivity index (χ3n) is 5.97. The van der Waals surface area contributed by atoms with Crippen LogP contribution < -0.4 is 5.43 Å². The number of aryl methyl sites for hydroxylation is 1. The van der Waals surface area contributed by atoms with E-state index in [0.717, 1.165) is 67.8 Å². The number of piperidine rings is 1. The Morgan fingerprint density at radius 2 is 2.00 bits per heavy atom. The predicted molar refractivity (Wildman–Crippen MR) is 116 cm³/mol. The maximum Gasteiger partial charge on any atom is 0.289 e. The van der Waals surface area contributed by atoms with Crippen molar-refractivity contribution in [2.24, 2.45) is 11.0 Å². The van der Waals surface area contributed by atoms with Gasteiger partial charge in [-0.1, -0.05) is 24.6 Å². The van der Waals surface area contributed by atoms with Crippen molar-refractivity contribution in [3.8, 4) is 0 Å². The molecule has 2 aromatic rings. The maximum atomic E-state index is 13.0. The number of carbonyl (C=O) groups excluding carboxylic acids is 2. The molecule has 0 bridgehead atoms. The van der Waals surface area contributed by atoms with E-state index in [1.54, 1.807) is 24.3 Å². The molecule has 1 aliphatic heterocycles. The molecule has 1 aromatic carbocycles. The van der Waals surface area contributed by atoms with Gasteiger partial charge in [0.25, 0.3) is 11.8 Å². The molecule has 2 aliphatic rings. The van der Waals surface area contributed by atoms with Gasteiger partial charge in [0.15, 0.2) is 5.76 Å². The van der Waals surface area contributed by atoms with E-state index in [2.05, 4.69) is 17.5 Å². The number of furan rings is 1. The van der Waals surface area contributed by atoms with Gasteiger partial charge < -0.3 is 9.32 Å². The topological polar surface area (TPSA) is 74.9 Å². The van der Waals surface area contributed by atoms with Gasteiger partial charge in [0, 0.05) is 41.2 Å². The van der Waals surface area contributed by atoms with Gasteiger partial charge in [-0.25, -0.2) is 5.43 Å². The minimum Gasteiger partial charge on any atom is -0.455 e. The Bertz CT molecular complexity index is 1000. The van der Waals surface area contributed by atoms with Gasteiger partial charge in [-0.2, -0.15) is 5.10 Å². The number of hydrogen-bond donors (Lipinski definition) is 1. The molecule has 0 saturated carbocycles. The lowest BCUT2D eigenvalue weighted by molar-refractivity contribution is 0.0662. The standard InChI is InChI=1S/C23H26ClN3O3/c1-14-9-11-27(12-10-14)23(29)21-15(2)20-18(7-4-8-19(20)30-21)25-26-22(28)16-5-3-6-17(24)13-16/h3,5-6,13-14H,4,7-12H2,1-2H3,(H,26,28)/b25-18+. The number of carbonyl (C=O) groups is 2. The zero-order chi connectivity index (χ0) is 21.3. The number of benzene rings is 1. The highest BCUT2D eigenvalue weighted by Gasteiger charge is 2.31. The number of nitrogens with one attached hydrogen (secondary N) is 1. The van der Waals surface area contributed by atoms with Crippen LogP contribution in [0.1, 0.15) is 70.4 Å². The van der Waals surface area contributed by atoms with Crippen molar-refractivity contribution < 1.29 is 14.0 Å². The summed E-state index contributed by atoms with van der Waals surface area (Å²) in [5, 5.41) is 4.87. The summed E-state index contributed by atoms with van der Waals surface area (Å²) in [5.41, 5.74) is 5.49. The van der Waals surface area contributed by atoms with Crippen molar-refractivity contribution in [3.63, 3.8) is 0 Å². The molecule has 0 atom stereocenters. The van der Waals surface area contributed by atoms with Crippen LogP contribution in [0, 0.1) is 12.8 Å². The Hall–Kier alpha value is -2.60. The van der Waals surface area contributed by atoms with Crippen molar-refractivity contribution in [3.05, 3.63) is 57.5 Å². The Morgan fingerprint density at radius 1 is 1.23 bits per heavy atom. The average Bonchev–Trinajstić information content (AvgIpc) is 3.09. The van der Waals surface area contributed by atoms with Crippen LogP contribution in [0.3, 0.4) is 0 Å². The number of hydrazone groups is 1. The smallest absolute Gasteiger partial charge is 0.289 e. The third-order valence-corrected chi connectivity index (χ3v) is 6.21. The summed E-state index contributed by atoms with van der Waals surface area (Å²) < 4.78 is 6.01. The van der Waals surface area contributed by atoms with E-state index < -0.39 is 0 Å². The largest absolute Gasteiger partial charge is 0.455 e. The van der Waals surface area contributed by atoms with Crippen molar-refractivity contribution >= 4 is 29.1 Å². The zero-order valence-corrected chi connectivity index (χ0v) is 18.1. The molecule has 1 saturated heterocycles. The van der Waals surface area contributed by atoms with Gasteiger partial charge in [-0.3, -0.25) is 9.59 Å². The fraction of sp³-hybridized carbons (Fsp3) is 0.435. The van der Waals surface area contributed by atoms with Gasteiger partial charge >= 0.3 is 0 Å². The summed E-state index contributed by atoms with van der Waals surface area (Å²) in [5.74, 6) is 1.48. The number of rotatable bonds is 3. The fourth-order valence-electron chi connectivity index (χ4n) is 4.15. The Morgan fingerprint density at radius 3 is 2.73 bits per heavy atom. The highest BCUT2D eigenvalue weighted by atomic mass is 35.5. The number of halogens is 1. The quantitative estimate of drug-likeness (QED) is 0.728. The van der Waals surface area contributed by atoms with Crippen molar-refractivity contribution in [2.45, 2.75) is 46.0 Å². The van der Waals surface area contributed by atoms with Crippen LogP contribution in [0.4, 0.5) is 0 Å². The van der Waals surface area contributed by atoms with Gasteiger partial charge in [0.05, 0.1) is 5.71 Å². The molecule has 0 radical (unpaired) electrons. The van der Waals surface area contributed by atoms with Crippen LogP contribution in [0.15, 0.2) is 33.8 Å². The minimum atomic E-state index is -0.322. The number of likely N-dealkylation sites (tertiary alicyclic amines) is 1. The first-order chi connectivity index (χ1) is 14.4. The number of fused-ring (bicyclic) bond motifs is 1. The minimum absolute atomic E-state index is 0.0453. The molecule has 0 unspecified atom stereocenters. The van der Waals surface area contributed by atoms with E-state index in [4.69, 9.17) is 16.0 Å². The zero-order valence-electron chi connectivity index (χ0n) is 17.3. The van der Waals surface area contributed by atoms with Crippen molar-refractivity contribution in [1.29, 1.82) is 0 Å². The van der Waals surface area contributed by atoms with E-state index in [-0.39, 0.29) is 11.8 Å². The molecule has 30 heavy (non-hydrogen) atoms. The first-order valence-electron chi connectivity index (χ1n) is 10.5. The molecule has 7 heteroatoms. The molecule has 158 valence electrons. The normalized spacial score (nSPS) is 18.4. The Kier molecular flexibility index (Phi) is 5.95. The van der Waals surface area contributed by atoms with Gasteiger partial charge in [-0.05, 0) is 56.7 Å². The Labute approximate surface area is 181 Å². The molecule has 1 aliphatic carbocycles. The molecule has 4 rings (SSSR count). The second-order valence-electron chi connectivity index (χ2n) is 8.19. The molecule has 1 aromatic heterocycles. The van der Waals surface area contributed by atoms with E-state index in [1.165, 1.54) is 0 Å². The molecule has 1 N–H and O–H groups in total. The molecular weight excluding hydrogens is 402 g/mol. The molecule has 2 heterocycles. The number of hydrogen-bond acceptors (Lipinski definition) is 4. The second kappa shape index (κ2) is 8.64. The van der Waals surface area contributed by atoms with E-state index in [1.807, 2.05) is 11.8 Å². The van der Waals surface area contributed by atoms with Crippen LogP contribution in [0.5, 0.6) is 0 Å². The lowest BCUT2D eigenvalue weighted by Gasteiger charge is -2.29. The predicted octanol–water partition coefficient (Wildman–Crippen LogP) is 4.58. The van der Waals surface area contributed by atoms with Crippen LogP contribution >= 0.6 is 11.6 Å². The summed E-state index contributed by atoms with van der Waals surface area (Å²) in [7, 11) is 0. The lowest BCUT2D eigenvalue weighted by atomic mass is 9.93. The SMILES string of the molecule is Cc1c(C(=O)N2CCC(C)CC2)oc2c1/C(=N/NC(=O)c1cccc(Cl)c1)CCC2. The monoisotopic (exact) mass is 427 g/mol. The van der Waals surface area contributed by atoms with Crippen molar-refractivity contribution in [1.82, 2.24) is 10.3 Å². The summed E-state index contributed by atoms with van der Waals surface area (Å²) in [6.45, 7) is 5.66. The number of nitrogens with zero attached hydrogens (tertiary/aromatic N) is 2. The van der Waals surface area contributed by atoms with Gasteiger partial charge in [-0.15, -0.1) is 0 Å². The number of amides is 2. The summed E-state index contributed by atoms with van der Waals surface area (Å²) >= 11 is 5.97. The fourth-order valence-corrected chi connectivity index (χ4v) is 4.34. The second-order valence-corrected chi connectivity index (χ2v) is 8.63. The van der Waals surface area contributed by atoms with E-state index in [9.17, 15) is 9.59 Å². The first-order valence-corrected chi connectivity index (χ1v) is 10.9. The van der Waals surface area contributed by atoms with Crippen LogP contribution in [-0.2, 0) is 6.42 Å². The van der Waals surface area contributed by atoms with E-state index >= 15 is 0 Å². The van der Waals surface area contributed by atoms with Crippen LogP contribution in [0.2, 0.25) is 5.02 Å². The van der Waals surface area contributed by atoms with Gasteiger partial charge in [0.2, 0.25) is 0 Å². The summed E-state index contributed by atoms with van der Waals surface area (Å²) in [6.07, 6.45) is 4.39. The Balaban J connectivity index is 1.56. The van der Waals surface area contributed by atoms with Crippen LogP contribution in [0.25, 0.3) is 0 Å². The summed E-state index contributed by atoms with van der Waals surface area (Å²) in [6, 6.07) is 6.73. The van der Waals surface area contributed by atoms with Crippen LogP contribution in [-0.4, -0.2) is 35.5 Å². The van der Waals surface area contributed by atoms with Gasteiger partial charge in [0.1, 0.15) is 5.76 Å². The van der Waals surface area contributed by atoms with Crippen molar-refractivity contribution in [2.75, 3.05) is 13.1 Å². The highest BCUT2D eigenvalue weighted by Crippen LogP contribution is 2.31. The first kappa shape index (κ1) is 20.7. The molecule has 1 fully saturated rings. The third kappa shape index (κ3) is 4.15. The molecular formula is C23H26ClN3O3. The average molecular weight is 428 g/mol. The molecule has 6 nitrogen and oxygen atoms in total. The summed E-state index contributed by atoms with van der Waals surface area (Å²) in [4.78, 5) is 27.4. The highest BCUT2D eigenvalue weighted by molar-refractivity contribution is 6.31. The van der Waals surface area contributed by atoms with E-state index in [0.29, 0.717) is 22.3 Å². The molecule has 0 spiro atoms. The molecule has 2 amide bonds. The lowest BCUT2D eigenvalue weighted by Crippen LogP contribution is -2.38.